The van der Waals surface area contributed by atoms with Gasteiger partial charge in [-0.05, 0) is 42.7 Å². The number of carbonyl (C=O) groups excluding carboxylic acids is 1. The first kappa shape index (κ1) is 25.5. The molecule has 0 saturated heterocycles. The molecule has 0 bridgehead atoms. The van der Waals surface area contributed by atoms with E-state index >= 15 is 0 Å². The summed E-state index contributed by atoms with van der Waals surface area (Å²) in [6, 6.07) is 20.1. The van der Waals surface area contributed by atoms with E-state index in [4.69, 9.17) is 37.6 Å². The third-order valence-electron chi connectivity index (χ3n) is 5.80. The van der Waals surface area contributed by atoms with Crippen LogP contribution < -0.4 is 0 Å². The van der Waals surface area contributed by atoms with Crippen molar-refractivity contribution >= 4 is 35.1 Å². The van der Waals surface area contributed by atoms with E-state index in [-0.39, 0.29) is 12.8 Å². The van der Waals surface area contributed by atoms with Gasteiger partial charge >= 0.3 is 11.9 Å². The van der Waals surface area contributed by atoms with Crippen molar-refractivity contribution < 1.29 is 24.0 Å². The zero-order valence-electron chi connectivity index (χ0n) is 19.6. The zero-order chi connectivity index (χ0) is 25.8. The molecule has 4 aromatic rings. The first-order chi connectivity index (χ1) is 17.2. The summed E-state index contributed by atoms with van der Waals surface area (Å²) in [4.78, 5) is 23.6. The van der Waals surface area contributed by atoms with Crippen molar-refractivity contribution in [3.05, 3.63) is 99.2 Å². The van der Waals surface area contributed by atoms with Crippen LogP contribution in [0.15, 0.2) is 71.3 Å². The number of carboxylic acid groups (broad SMARTS) is 1. The fraction of sp³-hybridized carbons (Fsp3) is 0.179. The van der Waals surface area contributed by atoms with Gasteiger partial charge in [-0.2, -0.15) is 0 Å². The van der Waals surface area contributed by atoms with Gasteiger partial charge in [-0.3, -0.25) is 9.59 Å². The molecule has 1 N–H and O–H groups in total. The second kappa shape index (κ2) is 11.0. The van der Waals surface area contributed by atoms with Gasteiger partial charge in [-0.1, -0.05) is 83.0 Å². The maximum Gasteiger partial charge on any atom is 0.311 e. The summed E-state index contributed by atoms with van der Waals surface area (Å²) in [5, 5.41) is 13.9. The van der Waals surface area contributed by atoms with E-state index in [1.807, 2.05) is 36.4 Å². The van der Waals surface area contributed by atoms with E-state index in [2.05, 4.69) is 5.16 Å². The van der Waals surface area contributed by atoms with Crippen LogP contribution in [0, 0.1) is 6.92 Å². The lowest BCUT2D eigenvalue weighted by Gasteiger charge is -2.15. The molecule has 1 unspecified atom stereocenters. The highest BCUT2D eigenvalue weighted by atomic mass is 35.5. The molecule has 3 aromatic carbocycles. The lowest BCUT2D eigenvalue weighted by atomic mass is 9.99. The molecular weight excluding hydrogens is 501 g/mol. The van der Waals surface area contributed by atoms with Crippen LogP contribution in [0.5, 0.6) is 0 Å². The largest absolute Gasteiger partial charge is 0.481 e. The molecule has 8 heteroatoms. The van der Waals surface area contributed by atoms with Crippen molar-refractivity contribution in [1.29, 1.82) is 0 Å². The van der Waals surface area contributed by atoms with E-state index < -0.39 is 18.0 Å². The molecule has 184 valence electrons. The Morgan fingerprint density at radius 2 is 1.56 bits per heavy atom. The molecule has 0 fully saturated rings. The summed E-state index contributed by atoms with van der Waals surface area (Å²) < 4.78 is 11.2. The molecule has 1 aromatic heterocycles. The van der Waals surface area contributed by atoms with Crippen LogP contribution in [0.1, 0.15) is 35.4 Å². The standard InChI is InChI=1S/C28H23Cl2NO5/c1-16-24(15-27(34)35-17(2)23-12-11-22(29)14-25(23)30)28(36-31-16)21-9-7-20(8-10-21)19-5-3-18(4-6-19)13-26(32)33/h3-12,14,17H,13,15H2,1-2H3,(H,32,33). The molecule has 0 aliphatic heterocycles. The number of aliphatic carboxylic acids is 1. The Kier molecular flexibility index (Phi) is 7.77. The highest BCUT2D eigenvalue weighted by Crippen LogP contribution is 2.31. The fourth-order valence-electron chi connectivity index (χ4n) is 3.91. The van der Waals surface area contributed by atoms with Crippen LogP contribution in [0.3, 0.4) is 0 Å². The van der Waals surface area contributed by atoms with Crippen molar-refractivity contribution in [2.45, 2.75) is 32.8 Å². The maximum atomic E-state index is 12.7. The molecule has 6 nitrogen and oxygen atoms in total. The summed E-state index contributed by atoms with van der Waals surface area (Å²) in [6.07, 6.45) is -0.569. The summed E-state index contributed by atoms with van der Waals surface area (Å²) in [5.74, 6) is -0.790. The number of benzene rings is 3. The Bertz CT molecular complexity index is 1390. The van der Waals surface area contributed by atoms with Crippen LogP contribution in [0.25, 0.3) is 22.5 Å². The van der Waals surface area contributed by atoms with Crippen LogP contribution in [-0.4, -0.2) is 22.2 Å². The minimum absolute atomic E-state index is 0.00694. The topological polar surface area (TPSA) is 89.6 Å². The normalized spacial score (nSPS) is 11.8. The molecule has 0 aliphatic rings. The quantitative estimate of drug-likeness (QED) is 0.248. The van der Waals surface area contributed by atoms with Crippen LogP contribution in [0.2, 0.25) is 10.0 Å². The third-order valence-corrected chi connectivity index (χ3v) is 6.37. The highest BCUT2D eigenvalue weighted by molar-refractivity contribution is 6.35. The van der Waals surface area contributed by atoms with Crippen molar-refractivity contribution in [2.75, 3.05) is 0 Å². The molecular formula is C28H23Cl2NO5. The van der Waals surface area contributed by atoms with Crippen molar-refractivity contribution in [3.8, 4) is 22.5 Å². The minimum atomic E-state index is -0.864. The predicted octanol–water partition coefficient (Wildman–Crippen LogP) is 7.10. The summed E-state index contributed by atoms with van der Waals surface area (Å²) in [5.41, 5.74) is 5.37. The smallest absolute Gasteiger partial charge is 0.311 e. The zero-order valence-corrected chi connectivity index (χ0v) is 21.1. The van der Waals surface area contributed by atoms with E-state index in [9.17, 15) is 9.59 Å². The Morgan fingerprint density at radius 3 is 2.17 bits per heavy atom. The van der Waals surface area contributed by atoms with Gasteiger partial charge < -0.3 is 14.4 Å². The van der Waals surface area contributed by atoms with E-state index in [0.29, 0.717) is 32.6 Å². The Balaban J connectivity index is 1.48. The fourth-order valence-corrected chi connectivity index (χ4v) is 4.47. The Hall–Kier alpha value is -3.61. The van der Waals surface area contributed by atoms with Gasteiger partial charge in [0, 0.05) is 26.7 Å². The highest BCUT2D eigenvalue weighted by Gasteiger charge is 2.21. The SMILES string of the molecule is Cc1noc(-c2ccc(-c3ccc(CC(=O)O)cc3)cc2)c1CC(=O)OC(C)c1ccc(Cl)cc1Cl. The van der Waals surface area contributed by atoms with Crippen LogP contribution in [-0.2, 0) is 27.2 Å². The number of ether oxygens (including phenoxy) is 1. The molecule has 0 spiro atoms. The first-order valence-electron chi connectivity index (χ1n) is 11.2. The molecule has 1 heterocycles. The Morgan fingerprint density at radius 1 is 0.944 bits per heavy atom. The molecule has 4 rings (SSSR count). The van der Waals surface area contributed by atoms with E-state index in [1.54, 1.807) is 44.2 Å². The van der Waals surface area contributed by atoms with Gasteiger partial charge in [-0.15, -0.1) is 0 Å². The molecule has 0 radical (unpaired) electrons. The molecule has 0 amide bonds. The summed E-state index contributed by atoms with van der Waals surface area (Å²) in [6.45, 7) is 3.53. The van der Waals surface area contributed by atoms with Gasteiger partial charge in [-0.25, -0.2) is 0 Å². The van der Waals surface area contributed by atoms with E-state index in [0.717, 1.165) is 22.3 Å². The molecule has 36 heavy (non-hydrogen) atoms. The van der Waals surface area contributed by atoms with Crippen molar-refractivity contribution in [3.63, 3.8) is 0 Å². The number of carboxylic acids is 1. The number of carbonyl (C=O) groups is 2. The number of nitrogens with zero attached hydrogens (tertiary/aromatic N) is 1. The molecule has 0 saturated carbocycles. The number of aromatic nitrogens is 1. The predicted molar refractivity (Wildman–Crippen MR) is 138 cm³/mol. The minimum Gasteiger partial charge on any atom is -0.481 e. The summed E-state index contributed by atoms with van der Waals surface area (Å²) >= 11 is 12.2. The average Bonchev–Trinajstić information content (AvgIpc) is 3.19. The van der Waals surface area contributed by atoms with Gasteiger partial charge in [0.05, 0.1) is 18.5 Å². The average molecular weight is 524 g/mol. The third kappa shape index (κ3) is 5.96. The number of hydrogen-bond donors (Lipinski definition) is 1. The lowest BCUT2D eigenvalue weighted by molar-refractivity contribution is -0.147. The lowest BCUT2D eigenvalue weighted by Crippen LogP contribution is -2.12. The van der Waals surface area contributed by atoms with Crippen LogP contribution in [0.4, 0.5) is 0 Å². The van der Waals surface area contributed by atoms with Gasteiger partial charge in [0.1, 0.15) is 6.10 Å². The summed E-state index contributed by atoms with van der Waals surface area (Å²) in [7, 11) is 0. The van der Waals surface area contributed by atoms with Gasteiger partial charge in [0.25, 0.3) is 0 Å². The number of aryl methyl sites for hydroxylation is 1. The Labute approximate surface area is 218 Å². The number of halogens is 2. The monoisotopic (exact) mass is 523 g/mol. The van der Waals surface area contributed by atoms with Crippen LogP contribution >= 0.6 is 23.2 Å². The number of hydrogen-bond acceptors (Lipinski definition) is 5. The molecule has 0 aliphatic carbocycles. The second-order valence-electron chi connectivity index (χ2n) is 8.40. The maximum absolute atomic E-state index is 12.7. The number of esters is 1. The van der Waals surface area contributed by atoms with Gasteiger partial charge in [0.2, 0.25) is 0 Å². The first-order valence-corrected chi connectivity index (χ1v) is 12.0. The van der Waals surface area contributed by atoms with E-state index in [1.165, 1.54) is 0 Å². The molecule has 1 atom stereocenters. The number of rotatable bonds is 8. The van der Waals surface area contributed by atoms with Crippen molar-refractivity contribution in [2.24, 2.45) is 0 Å². The second-order valence-corrected chi connectivity index (χ2v) is 9.24. The van der Waals surface area contributed by atoms with Gasteiger partial charge in [0.15, 0.2) is 5.76 Å². The van der Waals surface area contributed by atoms with Crippen molar-refractivity contribution in [1.82, 2.24) is 5.16 Å².